The van der Waals surface area contributed by atoms with Crippen LogP contribution in [0.1, 0.15) is 31.9 Å². The first-order chi connectivity index (χ1) is 9.03. The van der Waals surface area contributed by atoms with Gasteiger partial charge in [-0.15, -0.1) is 0 Å². The van der Waals surface area contributed by atoms with E-state index in [2.05, 4.69) is 25.8 Å². The third-order valence-corrected chi connectivity index (χ3v) is 6.03. The molecular formula is C15H23FN2S. The Bertz CT molecular complexity index is 440. The zero-order chi connectivity index (χ0) is 14.0. The summed E-state index contributed by atoms with van der Waals surface area (Å²) in [5.74, 6) is 1.000. The highest BCUT2D eigenvalue weighted by atomic mass is 32.2. The summed E-state index contributed by atoms with van der Waals surface area (Å²) in [6.07, 6.45) is 1.07. The van der Waals surface area contributed by atoms with E-state index in [-0.39, 0.29) is 17.4 Å². The van der Waals surface area contributed by atoms with Gasteiger partial charge in [-0.3, -0.25) is 4.90 Å². The highest BCUT2D eigenvalue weighted by Crippen LogP contribution is 2.42. The molecule has 1 heterocycles. The van der Waals surface area contributed by atoms with Gasteiger partial charge in [-0.1, -0.05) is 25.1 Å². The molecule has 0 radical (unpaired) electrons. The summed E-state index contributed by atoms with van der Waals surface area (Å²) >= 11 is 1.96. The van der Waals surface area contributed by atoms with Crippen molar-refractivity contribution in [3.8, 4) is 0 Å². The van der Waals surface area contributed by atoms with E-state index in [1.807, 2.05) is 23.9 Å². The van der Waals surface area contributed by atoms with Crippen LogP contribution in [0.15, 0.2) is 24.3 Å². The maximum Gasteiger partial charge on any atom is 0.127 e. The molecule has 1 aromatic rings. The molecule has 0 bridgehead atoms. The van der Waals surface area contributed by atoms with Gasteiger partial charge >= 0.3 is 0 Å². The van der Waals surface area contributed by atoms with Crippen LogP contribution >= 0.6 is 11.8 Å². The molecule has 106 valence electrons. The molecule has 1 aromatic carbocycles. The number of likely N-dealkylation sites (N-methyl/N-ethyl adjacent to an activating group) is 1. The van der Waals surface area contributed by atoms with E-state index in [0.717, 1.165) is 17.7 Å². The van der Waals surface area contributed by atoms with Crippen LogP contribution in [0.3, 0.4) is 0 Å². The lowest BCUT2D eigenvalue weighted by molar-refractivity contribution is 0.0862. The molecule has 1 aliphatic heterocycles. The van der Waals surface area contributed by atoms with Gasteiger partial charge in [0.15, 0.2) is 0 Å². The number of benzene rings is 1. The first-order valence-corrected chi connectivity index (χ1v) is 7.87. The van der Waals surface area contributed by atoms with Crippen LogP contribution in [0, 0.1) is 5.82 Å². The number of hydrogen-bond acceptors (Lipinski definition) is 3. The van der Waals surface area contributed by atoms with Crippen LogP contribution in [0.5, 0.6) is 0 Å². The molecular weight excluding hydrogens is 259 g/mol. The summed E-state index contributed by atoms with van der Waals surface area (Å²) in [6, 6.07) is 7.06. The van der Waals surface area contributed by atoms with E-state index >= 15 is 0 Å². The van der Waals surface area contributed by atoms with Gasteiger partial charge in [-0.25, -0.2) is 4.39 Å². The first kappa shape index (κ1) is 14.8. The molecule has 0 aromatic heterocycles. The third-order valence-electron chi connectivity index (χ3n) is 4.65. The van der Waals surface area contributed by atoms with E-state index in [1.165, 1.54) is 6.07 Å². The molecule has 1 aliphatic rings. The van der Waals surface area contributed by atoms with E-state index in [4.69, 9.17) is 5.73 Å². The smallest absolute Gasteiger partial charge is 0.127 e. The molecule has 0 saturated carbocycles. The minimum absolute atomic E-state index is 0.0215. The second-order valence-electron chi connectivity index (χ2n) is 5.38. The van der Waals surface area contributed by atoms with Crippen molar-refractivity contribution in [1.29, 1.82) is 0 Å². The van der Waals surface area contributed by atoms with Crippen molar-refractivity contribution in [2.45, 2.75) is 37.1 Å². The third kappa shape index (κ3) is 2.54. The van der Waals surface area contributed by atoms with E-state index in [0.29, 0.717) is 11.8 Å². The normalized spacial score (nSPS) is 28.8. The first-order valence-electron chi connectivity index (χ1n) is 6.82. The maximum absolute atomic E-state index is 14.0. The predicted octanol–water partition coefficient (Wildman–Crippen LogP) is 3.04. The Labute approximate surface area is 119 Å². The molecule has 19 heavy (non-hydrogen) atoms. The Morgan fingerprint density at radius 1 is 1.53 bits per heavy atom. The molecule has 0 amide bonds. The summed E-state index contributed by atoms with van der Waals surface area (Å²) in [5, 5.41) is 0.483. The predicted molar refractivity (Wildman–Crippen MR) is 80.9 cm³/mol. The van der Waals surface area contributed by atoms with Crippen molar-refractivity contribution < 1.29 is 4.39 Å². The van der Waals surface area contributed by atoms with Gasteiger partial charge in [0.05, 0.1) is 0 Å². The highest BCUT2D eigenvalue weighted by molar-refractivity contribution is 8.00. The van der Waals surface area contributed by atoms with Crippen LogP contribution in [-0.2, 0) is 0 Å². The zero-order valence-electron chi connectivity index (χ0n) is 11.9. The maximum atomic E-state index is 14.0. The number of thioether (sulfide) groups is 1. The highest BCUT2D eigenvalue weighted by Gasteiger charge is 2.45. The molecule has 2 N–H and O–H groups in total. The van der Waals surface area contributed by atoms with Crippen LogP contribution in [0.25, 0.3) is 0 Å². The van der Waals surface area contributed by atoms with Gasteiger partial charge in [0, 0.05) is 28.9 Å². The van der Waals surface area contributed by atoms with Crippen LogP contribution in [-0.4, -0.2) is 35.0 Å². The van der Waals surface area contributed by atoms with E-state index in [9.17, 15) is 4.39 Å². The number of halogens is 1. The molecule has 1 saturated heterocycles. The van der Waals surface area contributed by atoms with E-state index in [1.54, 1.807) is 6.07 Å². The lowest BCUT2D eigenvalue weighted by Crippen LogP contribution is -2.56. The average molecular weight is 282 g/mol. The number of hydrogen-bond donors (Lipinski definition) is 1. The summed E-state index contributed by atoms with van der Waals surface area (Å²) in [4.78, 5) is 2.27. The Balaban J connectivity index is 2.28. The second-order valence-corrected chi connectivity index (χ2v) is 6.83. The largest absolute Gasteiger partial charge is 0.329 e. The average Bonchev–Trinajstić information content (AvgIpc) is 2.80. The summed E-state index contributed by atoms with van der Waals surface area (Å²) in [6.45, 7) is 4.91. The van der Waals surface area contributed by atoms with E-state index < -0.39 is 0 Å². The Morgan fingerprint density at radius 2 is 2.21 bits per heavy atom. The van der Waals surface area contributed by atoms with Crippen molar-refractivity contribution in [2.75, 3.05) is 19.3 Å². The molecule has 1 fully saturated rings. The lowest BCUT2D eigenvalue weighted by atomic mass is 9.88. The quantitative estimate of drug-likeness (QED) is 0.920. The van der Waals surface area contributed by atoms with Crippen molar-refractivity contribution in [2.24, 2.45) is 5.73 Å². The molecule has 0 aliphatic carbocycles. The molecule has 0 spiro atoms. The molecule has 3 atom stereocenters. The fourth-order valence-corrected chi connectivity index (χ4v) is 4.57. The van der Waals surface area contributed by atoms with Crippen molar-refractivity contribution in [1.82, 2.24) is 4.90 Å². The van der Waals surface area contributed by atoms with Gasteiger partial charge in [0.25, 0.3) is 0 Å². The van der Waals surface area contributed by atoms with Crippen LogP contribution in [0.2, 0.25) is 0 Å². The van der Waals surface area contributed by atoms with Gasteiger partial charge in [-0.2, -0.15) is 11.8 Å². The molecule has 2 nitrogen and oxygen atoms in total. The van der Waals surface area contributed by atoms with Crippen LogP contribution < -0.4 is 5.73 Å². The van der Waals surface area contributed by atoms with Gasteiger partial charge < -0.3 is 5.73 Å². The van der Waals surface area contributed by atoms with Crippen molar-refractivity contribution in [3.05, 3.63) is 35.6 Å². The molecule has 2 rings (SSSR count). The minimum atomic E-state index is -0.132. The SMILES string of the molecule is CC(c1ccccc1F)N(C)C1(CN)CCSC1C. The minimum Gasteiger partial charge on any atom is -0.329 e. The fourth-order valence-electron chi connectivity index (χ4n) is 3.05. The number of nitrogens with two attached hydrogens (primary N) is 1. The van der Waals surface area contributed by atoms with Crippen molar-refractivity contribution in [3.63, 3.8) is 0 Å². The summed E-state index contributed by atoms with van der Waals surface area (Å²) in [7, 11) is 2.08. The number of rotatable bonds is 4. The Morgan fingerprint density at radius 3 is 2.74 bits per heavy atom. The Kier molecular flexibility index (Phi) is 4.54. The van der Waals surface area contributed by atoms with Crippen LogP contribution in [0.4, 0.5) is 4.39 Å². The number of nitrogens with zero attached hydrogens (tertiary/aromatic N) is 1. The summed E-state index contributed by atoms with van der Waals surface area (Å²) < 4.78 is 14.0. The second kappa shape index (κ2) is 5.81. The monoisotopic (exact) mass is 282 g/mol. The summed E-state index contributed by atoms with van der Waals surface area (Å²) in [5.41, 5.74) is 6.80. The van der Waals surface area contributed by atoms with Gasteiger partial charge in [0.2, 0.25) is 0 Å². The fraction of sp³-hybridized carbons (Fsp3) is 0.600. The van der Waals surface area contributed by atoms with Crippen molar-refractivity contribution >= 4 is 11.8 Å². The molecule has 3 unspecified atom stereocenters. The molecule has 4 heteroatoms. The topological polar surface area (TPSA) is 29.3 Å². The zero-order valence-corrected chi connectivity index (χ0v) is 12.7. The lowest BCUT2D eigenvalue weighted by Gasteiger charge is -2.44. The Hall–Kier alpha value is -0.580. The van der Waals surface area contributed by atoms with Gasteiger partial charge in [-0.05, 0) is 32.2 Å². The van der Waals surface area contributed by atoms with Gasteiger partial charge in [0.1, 0.15) is 5.82 Å². The standard InChI is InChI=1S/C15H23FN2S/c1-11(13-6-4-5-7-14(13)16)18(3)15(10-17)8-9-19-12(15)2/h4-7,11-12H,8-10,17H2,1-3H3.